The van der Waals surface area contributed by atoms with Crippen molar-refractivity contribution in [3.8, 4) is 0 Å². The van der Waals surface area contributed by atoms with E-state index in [0.717, 1.165) is 24.5 Å². The van der Waals surface area contributed by atoms with Crippen molar-refractivity contribution in [3.63, 3.8) is 0 Å². The van der Waals surface area contributed by atoms with Crippen LogP contribution in [-0.2, 0) is 9.53 Å². The first-order valence-corrected chi connectivity index (χ1v) is 9.61. The summed E-state index contributed by atoms with van der Waals surface area (Å²) >= 11 is 0. The van der Waals surface area contributed by atoms with Gasteiger partial charge in [-0.3, -0.25) is 14.7 Å². The molecule has 3 heterocycles. The predicted octanol–water partition coefficient (Wildman–Crippen LogP) is 1.82. The van der Waals surface area contributed by atoms with Crippen LogP contribution in [0.1, 0.15) is 51.0 Å². The number of aryl methyl sites for hydroxylation is 1. The molecule has 0 saturated carbocycles. The van der Waals surface area contributed by atoms with E-state index >= 15 is 0 Å². The lowest BCUT2D eigenvalue weighted by Crippen LogP contribution is -2.39. The number of nitrogens with zero attached hydrogens (tertiary/aromatic N) is 5. The molecule has 1 fully saturated rings. The molecule has 9 nitrogen and oxygen atoms in total. The topological polar surface area (TPSA) is 100 Å². The Hall–Kier alpha value is -2.71. The molecule has 1 saturated heterocycles. The molecule has 0 spiro atoms. The van der Waals surface area contributed by atoms with Gasteiger partial charge in [-0.25, -0.2) is 14.8 Å². The van der Waals surface area contributed by atoms with Crippen molar-refractivity contribution >= 4 is 24.3 Å². The van der Waals surface area contributed by atoms with E-state index in [-0.39, 0.29) is 11.9 Å². The molecule has 3 rings (SSSR count). The van der Waals surface area contributed by atoms with Gasteiger partial charge in [-0.1, -0.05) is 0 Å². The summed E-state index contributed by atoms with van der Waals surface area (Å²) in [6.07, 6.45) is 2.45. The van der Waals surface area contributed by atoms with E-state index in [9.17, 15) is 9.59 Å². The van der Waals surface area contributed by atoms with E-state index in [1.54, 1.807) is 11.2 Å². The van der Waals surface area contributed by atoms with Gasteiger partial charge in [0.05, 0.1) is 24.6 Å². The molecule has 9 heteroatoms. The number of ether oxygens (including phenoxy) is 1. The summed E-state index contributed by atoms with van der Waals surface area (Å²) < 4.78 is 5.24. The molecule has 1 aromatic rings. The van der Waals surface area contributed by atoms with Crippen LogP contribution in [0.4, 0.5) is 10.7 Å². The summed E-state index contributed by atoms with van der Waals surface area (Å²) in [5.41, 5.74) is 1.13. The number of carbonyl (C=O) groups excluding carboxylic acids is 2. The summed E-state index contributed by atoms with van der Waals surface area (Å²) in [5.74, 6) is 0.680. The standard InChI is InChI=1S/C19H28N6O3/c1-13-11-14(23-17(22-13)24-9-7-20-12-24)15-5-6-16(26)25(15)10-8-21-18(27)28-19(2,3)4/h11-12,15H,5-10H2,1-4H3,(H,21,27). The number of hydrogen-bond acceptors (Lipinski definition) is 7. The Morgan fingerprint density at radius 3 is 2.82 bits per heavy atom. The Labute approximate surface area is 165 Å². The fourth-order valence-electron chi connectivity index (χ4n) is 3.32. The highest BCUT2D eigenvalue weighted by atomic mass is 16.6. The van der Waals surface area contributed by atoms with E-state index in [1.165, 1.54) is 0 Å². The monoisotopic (exact) mass is 388 g/mol. The summed E-state index contributed by atoms with van der Waals surface area (Å²) in [7, 11) is 0. The first-order valence-electron chi connectivity index (χ1n) is 9.61. The van der Waals surface area contributed by atoms with Gasteiger partial charge in [-0.2, -0.15) is 0 Å². The van der Waals surface area contributed by atoms with Gasteiger partial charge in [0.1, 0.15) is 5.60 Å². The van der Waals surface area contributed by atoms with Gasteiger partial charge < -0.3 is 15.0 Å². The van der Waals surface area contributed by atoms with Gasteiger partial charge in [-0.05, 0) is 40.2 Å². The lowest BCUT2D eigenvalue weighted by atomic mass is 10.1. The minimum absolute atomic E-state index is 0.0662. The average molecular weight is 388 g/mol. The predicted molar refractivity (Wildman–Crippen MR) is 105 cm³/mol. The van der Waals surface area contributed by atoms with Crippen molar-refractivity contribution in [2.24, 2.45) is 4.99 Å². The van der Waals surface area contributed by atoms with Crippen molar-refractivity contribution in [2.45, 2.75) is 52.2 Å². The molecule has 2 aliphatic rings. The fraction of sp³-hybridized carbons (Fsp3) is 0.632. The summed E-state index contributed by atoms with van der Waals surface area (Å²) in [6, 6.07) is 1.81. The number of aliphatic imine (C=N–C) groups is 1. The average Bonchev–Trinajstić information content (AvgIpc) is 3.23. The van der Waals surface area contributed by atoms with E-state index in [2.05, 4.69) is 15.3 Å². The Morgan fingerprint density at radius 2 is 2.14 bits per heavy atom. The lowest BCUT2D eigenvalue weighted by molar-refractivity contribution is -0.129. The third-order valence-electron chi connectivity index (χ3n) is 4.50. The number of rotatable bonds is 5. The normalized spacial score (nSPS) is 19.4. The number of carbonyl (C=O) groups is 2. The van der Waals surface area contributed by atoms with Crippen molar-refractivity contribution in [3.05, 3.63) is 17.5 Å². The van der Waals surface area contributed by atoms with Crippen LogP contribution in [0, 0.1) is 6.92 Å². The van der Waals surface area contributed by atoms with Gasteiger partial charge in [0, 0.05) is 31.7 Å². The van der Waals surface area contributed by atoms with Crippen molar-refractivity contribution in [1.82, 2.24) is 20.2 Å². The van der Waals surface area contributed by atoms with Crippen molar-refractivity contribution in [2.75, 3.05) is 31.1 Å². The van der Waals surface area contributed by atoms with Crippen LogP contribution in [0.5, 0.6) is 0 Å². The molecule has 1 unspecified atom stereocenters. The van der Waals surface area contributed by atoms with Crippen LogP contribution in [-0.4, -0.2) is 65.0 Å². The summed E-state index contributed by atoms with van der Waals surface area (Å²) in [4.78, 5) is 41.3. The molecule has 152 valence electrons. The first-order chi connectivity index (χ1) is 13.2. The molecule has 28 heavy (non-hydrogen) atoms. The minimum Gasteiger partial charge on any atom is -0.444 e. The Kier molecular flexibility index (Phi) is 5.81. The molecule has 0 radical (unpaired) electrons. The second-order valence-corrected chi connectivity index (χ2v) is 8.02. The zero-order chi connectivity index (χ0) is 20.3. The number of aromatic nitrogens is 2. The molecular formula is C19H28N6O3. The Balaban J connectivity index is 1.67. The summed E-state index contributed by atoms with van der Waals surface area (Å²) in [6.45, 7) is 9.59. The van der Waals surface area contributed by atoms with E-state index in [4.69, 9.17) is 9.72 Å². The molecule has 0 bridgehead atoms. The Morgan fingerprint density at radius 1 is 1.36 bits per heavy atom. The number of anilines is 1. The van der Waals surface area contributed by atoms with Crippen LogP contribution < -0.4 is 10.2 Å². The first kappa shape index (κ1) is 20.0. The highest BCUT2D eigenvalue weighted by Crippen LogP contribution is 2.32. The maximum Gasteiger partial charge on any atom is 0.407 e. The van der Waals surface area contributed by atoms with E-state index < -0.39 is 11.7 Å². The quantitative estimate of drug-likeness (QED) is 0.826. The lowest BCUT2D eigenvalue weighted by Gasteiger charge is -2.26. The third-order valence-corrected chi connectivity index (χ3v) is 4.50. The highest BCUT2D eigenvalue weighted by molar-refractivity contribution is 5.79. The van der Waals surface area contributed by atoms with Gasteiger partial charge >= 0.3 is 6.09 Å². The van der Waals surface area contributed by atoms with Crippen LogP contribution in [0.3, 0.4) is 0 Å². The molecule has 0 aliphatic carbocycles. The zero-order valence-electron chi connectivity index (χ0n) is 16.9. The number of nitrogens with one attached hydrogen (secondary N) is 1. The van der Waals surface area contributed by atoms with Crippen LogP contribution >= 0.6 is 0 Å². The van der Waals surface area contributed by atoms with Crippen LogP contribution in [0.25, 0.3) is 0 Å². The summed E-state index contributed by atoms with van der Waals surface area (Å²) in [5, 5.41) is 2.71. The van der Waals surface area contributed by atoms with Gasteiger partial charge in [0.25, 0.3) is 0 Å². The zero-order valence-corrected chi connectivity index (χ0v) is 16.9. The van der Waals surface area contributed by atoms with Crippen LogP contribution in [0.2, 0.25) is 0 Å². The minimum atomic E-state index is -0.552. The second-order valence-electron chi connectivity index (χ2n) is 8.02. The molecule has 2 amide bonds. The van der Waals surface area contributed by atoms with E-state index in [0.29, 0.717) is 31.9 Å². The molecule has 1 atom stereocenters. The molecule has 0 aromatic carbocycles. The SMILES string of the molecule is Cc1cc(C2CCC(=O)N2CCNC(=O)OC(C)(C)C)nc(N2C=NCC2)n1. The van der Waals surface area contributed by atoms with Crippen molar-refractivity contribution in [1.29, 1.82) is 0 Å². The van der Waals surface area contributed by atoms with Gasteiger partial charge in [-0.15, -0.1) is 0 Å². The highest BCUT2D eigenvalue weighted by Gasteiger charge is 2.33. The molecule has 2 aliphatic heterocycles. The maximum absolute atomic E-state index is 12.4. The number of amides is 2. The van der Waals surface area contributed by atoms with Crippen molar-refractivity contribution < 1.29 is 14.3 Å². The number of alkyl carbamates (subject to hydrolysis) is 1. The molecule has 1 aromatic heterocycles. The van der Waals surface area contributed by atoms with E-state index in [1.807, 2.05) is 38.7 Å². The fourth-order valence-corrected chi connectivity index (χ4v) is 3.32. The second kappa shape index (κ2) is 8.12. The molecular weight excluding hydrogens is 360 g/mol. The number of likely N-dealkylation sites (tertiary alicyclic amines) is 1. The van der Waals surface area contributed by atoms with Gasteiger partial charge in [0.2, 0.25) is 11.9 Å². The van der Waals surface area contributed by atoms with Crippen LogP contribution in [0.15, 0.2) is 11.1 Å². The Bertz CT molecular complexity index is 773. The van der Waals surface area contributed by atoms with Gasteiger partial charge in [0.15, 0.2) is 0 Å². The maximum atomic E-state index is 12.4. The largest absolute Gasteiger partial charge is 0.444 e. The molecule has 1 N–H and O–H groups in total. The smallest absolute Gasteiger partial charge is 0.407 e. The number of hydrogen-bond donors (Lipinski definition) is 1. The third kappa shape index (κ3) is 4.96.